The summed E-state index contributed by atoms with van der Waals surface area (Å²) in [6.07, 6.45) is 0. The molecule has 18 heavy (non-hydrogen) atoms. The molecule has 0 aromatic heterocycles. The Morgan fingerprint density at radius 1 is 1.17 bits per heavy atom. The van der Waals surface area contributed by atoms with Crippen LogP contribution in [0.2, 0.25) is 0 Å². The van der Waals surface area contributed by atoms with Gasteiger partial charge in [-0.25, -0.2) is 0 Å². The Kier molecular flexibility index (Phi) is 5.86. The van der Waals surface area contributed by atoms with Crippen molar-refractivity contribution < 1.29 is 4.79 Å². The molecule has 0 aliphatic rings. The molecule has 0 heterocycles. The summed E-state index contributed by atoms with van der Waals surface area (Å²) < 4.78 is 0. The number of nitrogens with one attached hydrogen (secondary N) is 2. The lowest BCUT2D eigenvalue weighted by Crippen LogP contribution is -2.42. The molecule has 3 heteroatoms. The zero-order valence-electron chi connectivity index (χ0n) is 11.7. The number of hydrogen-bond acceptors (Lipinski definition) is 2. The Morgan fingerprint density at radius 3 is 2.28 bits per heavy atom. The van der Waals surface area contributed by atoms with Crippen molar-refractivity contribution in [1.29, 1.82) is 0 Å². The van der Waals surface area contributed by atoms with Crippen molar-refractivity contribution in [3.05, 3.63) is 35.9 Å². The van der Waals surface area contributed by atoms with E-state index < -0.39 is 0 Å². The first kappa shape index (κ1) is 14.7. The summed E-state index contributed by atoms with van der Waals surface area (Å²) in [6, 6.07) is 10.3. The maximum Gasteiger partial charge on any atom is 0.236 e. The maximum atomic E-state index is 11.5. The molecule has 1 aromatic rings. The molecule has 0 saturated heterocycles. The summed E-state index contributed by atoms with van der Waals surface area (Å²) in [4.78, 5) is 11.5. The Balaban J connectivity index is 2.63. The van der Waals surface area contributed by atoms with Crippen LogP contribution < -0.4 is 10.6 Å². The SMILES string of the molecule is CNC(=O)C(C)NCC(c1ccccc1)C(C)C. The Morgan fingerprint density at radius 2 is 1.78 bits per heavy atom. The van der Waals surface area contributed by atoms with Crippen LogP contribution in [-0.4, -0.2) is 25.5 Å². The standard InChI is InChI=1S/C15H24N2O/c1-11(2)14(13-8-6-5-7-9-13)10-17-12(3)15(18)16-4/h5-9,11-12,14,17H,10H2,1-4H3,(H,16,18). The first-order chi connectivity index (χ1) is 8.56. The summed E-state index contributed by atoms with van der Waals surface area (Å²) in [7, 11) is 1.66. The predicted octanol–water partition coefficient (Wildman–Crippen LogP) is 2.15. The van der Waals surface area contributed by atoms with Gasteiger partial charge in [0.25, 0.3) is 0 Å². The van der Waals surface area contributed by atoms with Gasteiger partial charge in [0.2, 0.25) is 5.91 Å². The van der Waals surface area contributed by atoms with E-state index in [-0.39, 0.29) is 11.9 Å². The lowest BCUT2D eigenvalue weighted by Gasteiger charge is -2.23. The summed E-state index contributed by atoms with van der Waals surface area (Å²) >= 11 is 0. The highest BCUT2D eigenvalue weighted by Crippen LogP contribution is 2.23. The fourth-order valence-electron chi connectivity index (χ4n) is 2.05. The average molecular weight is 248 g/mol. The molecule has 1 rings (SSSR count). The van der Waals surface area contributed by atoms with Gasteiger partial charge in [0.15, 0.2) is 0 Å². The average Bonchev–Trinajstić information content (AvgIpc) is 2.38. The van der Waals surface area contributed by atoms with Crippen molar-refractivity contribution in [2.45, 2.75) is 32.7 Å². The number of rotatable bonds is 6. The molecule has 2 unspecified atom stereocenters. The quantitative estimate of drug-likeness (QED) is 0.810. The van der Waals surface area contributed by atoms with Gasteiger partial charge in [0.1, 0.15) is 0 Å². The van der Waals surface area contributed by atoms with E-state index in [1.54, 1.807) is 7.05 Å². The second kappa shape index (κ2) is 7.17. The van der Waals surface area contributed by atoms with E-state index in [0.29, 0.717) is 11.8 Å². The second-order valence-corrected chi connectivity index (χ2v) is 5.01. The van der Waals surface area contributed by atoms with Gasteiger partial charge in [-0.2, -0.15) is 0 Å². The minimum atomic E-state index is -0.153. The fraction of sp³-hybridized carbons (Fsp3) is 0.533. The Bertz CT molecular complexity index is 362. The molecule has 0 saturated carbocycles. The van der Waals surface area contributed by atoms with Crippen molar-refractivity contribution in [2.24, 2.45) is 5.92 Å². The monoisotopic (exact) mass is 248 g/mol. The number of amides is 1. The molecule has 0 fully saturated rings. The van der Waals surface area contributed by atoms with Crippen molar-refractivity contribution in [3.8, 4) is 0 Å². The highest BCUT2D eigenvalue weighted by atomic mass is 16.2. The van der Waals surface area contributed by atoms with Crippen LogP contribution in [0, 0.1) is 5.92 Å². The number of benzene rings is 1. The van der Waals surface area contributed by atoms with Gasteiger partial charge in [-0.3, -0.25) is 4.79 Å². The van der Waals surface area contributed by atoms with E-state index in [1.807, 2.05) is 13.0 Å². The van der Waals surface area contributed by atoms with Crippen molar-refractivity contribution in [2.75, 3.05) is 13.6 Å². The van der Waals surface area contributed by atoms with Crippen LogP contribution in [0.15, 0.2) is 30.3 Å². The number of hydrogen-bond donors (Lipinski definition) is 2. The van der Waals surface area contributed by atoms with Gasteiger partial charge in [-0.05, 0) is 24.3 Å². The summed E-state index contributed by atoms with van der Waals surface area (Å²) in [5.41, 5.74) is 1.32. The summed E-state index contributed by atoms with van der Waals surface area (Å²) in [6.45, 7) is 7.13. The largest absolute Gasteiger partial charge is 0.358 e. The molecule has 0 aliphatic carbocycles. The van der Waals surface area contributed by atoms with Crippen LogP contribution in [0.25, 0.3) is 0 Å². The van der Waals surface area contributed by atoms with Gasteiger partial charge in [0.05, 0.1) is 6.04 Å². The van der Waals surface area contributed by atoms with Crippen LogP contribution in [0.1, 0.15) is 32.3 Å². The van der Waals surface area contributed by atoms with E-state index in [0.717, 1.165) is 6.54 Å². The molecule has 100 valence electrons. The lowest BCUT2D eigenvalue weighted by atomic mass is 9.88. The Labute approximate surface area is 110 Å². The first-order valence-electron chi connectivity index (χ1n) is 6.56. The third-order valence-corrected chi connectivity index (χ3v) is 3.32. The van der Waals surface area contributed by atoms with Crippen LogP contribution in [0.4, 0.5) is 0 Å². The van der Waals surface area contributed by atoms with E-state index in [2.05, 4.69) is 48.7 Å². The van der Waals surface area contributed by atoms with E-state index in [4.69, 9.17) is 0 Å². The number of carbonyl (C=O) groups is 1. The van der Waals surface area contributed by atoms with Crippen LogP contribution in [0.5, 0.6) is 0 Å². The van der Waals surface area contributed by atoms with Gasteiger partial charge >= 0.3 is 0 Å². The molecule has 2 N–H and O–H groups in total. The van der Waals surface area contributed by atoms with E-state index >= 15 is 0 Å². The van der Waals surface area contributed by atoms with Crippen molar-refractivity contribution in [3.63, 3.8) is 0 Å². The maximum absolute atomic E-state index is 11.5. The normalized spacial score (nSPS) is 14.3. The number of carbonyl (C=O) groups excluding carboxylic acids is 1. The first-order valence-corrected chi connectivity index (χ1v) is 6.56. The van der Waals surface area contributed by atoms with Crippen LogP contribution in [-0.2, 0) is 4.79 Å². The highest BCUT2D eigenvalue weighted by Gasteiger charge is 2.18. The number of likely N-dealkylation sites (N-methyl/N-ethyl adjacent to an activating group) is 1. The second-order valence-electron chi connectivity index (χ2n) is 5.01. The topological polar surface area (TPSA) is 41.1 Å². The molecular formula is C15H24N2O. The van der Waals surface area contributed by atoms with Crippen LogP contribution in [0.3, 0.4) is 0 Å². The third kappa shape index (κ3) is 4.15. The molecular weight excluding hydrogens is 224 g/mol. The van der Waals surface area contributed by atoms with Gasteiger partial charge in [-0.1, -0.05) is 44.2 Å². The molecule has 0 spiro atoms. The molecule has 1 aromatic carbocycles. The van der Waals surface area contributed by atoms with E-state index in [9.17, 15) is 4.79 Å². The zero-order valence-corrected chi connectivity index (χ0v) is 11.7. The van der Waals surface area contributed by atoms with Crippen molar-refractivity contribution >= 4 is 5.91 Å². The van der Waals surface area contributed by atoms with Crippen LogP contribution >= 0.6 is 0 Å². The molecule has 2 atom stereocenters. The van der Waals surface area contributed by atoms with E-state index in [1.165, 1.54) is 5.56 Å². The minimum absolute atomic E-state index is 0.0329. The molecule has 3 nitrogen and oxygen atoms in total. The predicted molar refractivity (Wildman–Crippen MR) is 75.6 cm³/mol. The van der Waals surface area contributed by atoms with Gasteiger partial charge in [0, 0.05) is 13.6 Å². The molecule has 1 amide bonds. The molecule has 0 radical (unpaired) electrons. The smallest absolute Gasteiger partial charge is 0.236 e. The molecule has 0 bridgehead atoms. The summed E-state index contributed by atoms with van der Waals surface area (Å²) in [5, 5.41) is 5.96. The van der Waals surface area contributed by atoms with Crippen molar-refractivity contribution in [1.82, 2.24) is 10.6 Å². The molecule has 0 aliphatic heterocycles. The zero-order chi connectivity index (χ0) is 13.5. The lowest BCUT2D eigenvalue weighted by molar-refractivity contribution is -0.122. The summed E-state index contributed by atoms with van der Waals surface area (Å²) in [5.74, 6) is 1.00. The fourth-order valence-corrected chi connectivity index (χ4v) is 2.05. The van der Waals surface area contributed by atoms with Gasteiger partial charge < -0.3 is 10.6 Å². The minimum Gasteiger partial charge on any atom is -0.358 e. The van der Waals surface area contributed by atoms with Gasteiger partial charge in [-0.15, -0.1) is 0 Å². The highest BCUT2D eigenvalue weighted by molar-refractivity contribution is 5.80. The Hall–Kier alpha value is -1.35. The third-order valence-electron chi connectivity index (χ3n) is 3.32.